The minimum Gasteiger partial charge on any atom is -0.506 e. The molecular weight excluding hydrogens is 448 g/mol. The molecule has 0 bridgehead atoms. The molecule has 0 fully saturated rings. The molecule has 0 aliphatic heterocycles. The molecule has 0 atom stereocenters. The zero-order chi connectivity index (χ0) is 22.8. The number of benzene rings is 2. The summed E-state index contributed by atoms with van der Waals surface area (Å²) >= 11 is 2.44. The average Bonchev–Trinajstić information content (AvgIpc) is 3.19. The predicted octanol–water partition coefficient (Wildman–Crippen LogP) is 5.69. The van der Waals surface area contributed by atoms with Gasteiger partial charge >= 0.3 is 5.97 Å². The summed E-state index contributed by atoms with van der Waals surface area (Å²) in [4.78, 5) is 16.1. The number of carboxylic acid groups (broad SMARTS) is 1. The lowest BCUT2D eigenvalue weighted by molar-refractivity contribution is 0.0694. The van der Waals surface area contributed by atoms with E-state index in [1.807, 2.05) is 19.2 Å². The molecule has 0 aliphatic carbocycles. The van der Waals surface area contributed by atoms with Crippen LogP contribution in [0.2, 0.25) is 0 Å². The number of pyridine rings is 1. The molecule has 32 heavy (non-hydrogen) atoms. The number of anilines is 1. The van der Waals surface area contributed by atoms with E-state index in [0.29, 0.717) is 49.6 Å². The lowest BCUT2D eigenvalue weighted by Gasteiger charge is -2.12. The number of carboxylic acids is 1. The van der Waals surface area contributed by atoms with Gasteiger partial charge in [0, 0.05) is 23.0 Å². The van der Waals surface area contributed by atoms with Crippen LogP contribution >= 0.6 is 23.3 Å². The molecule has 3 N–H and O–H groups in total. The van der Waals surface area contributed by atoms with Crippen LogP contribution in [-0.2, 0) is 0 Å². The minimum atomic E-state index is -1.27. The van der Waals surface area contributed by atoms with Crippen molar-refractivity contribution in [3.63, 3.8) is 0 Å². The highest BCUT2D eigenvalue weighted by molar-refractivity contribution is 7.98. The van der Waals surface area contributed by atoms with E-state index < -0.39 is 5.97 Å². The Balaban J connectivity index is 1.91. The van der Waals surface area contributed by atoms with E-state index >= 15 is 0 Å². The number of thioether (sulfide) groups is 1. The number of carbonyl (C=O) groups is 1. The van der Waals surface area contributed by atoms with Crippen molar-refractivity contribution in [2.24, 2.45) is 10.2 Å². The quantitative estimate of drug-likeness (QED) is 0.244. The maximum atomic E-state index is 11.7. The third kappa shape index (κ3) is 3.70. The number of fused-ring (bicyclic) bond motifs is 2. The molecule has 0 amide bonds. The highest BCUT2D eigenvalue weighted by Crippen LogP contribution is 2.42. The fraction of sp³-hybridized carbons (Fsp3) is 0.143. The van der Waals surface area contributed by atoms with E-state index in [1.54, 1.807) is 18.2 Å². The summed E-state index contributed by atoms with van der Waals surface area (Å²) in [5.41, 5.74) is 1.58. The van der Waals surface area contributed by atoms with E-state index in [4.69, 9.17) is 0 Å². The molecule has 0 spiro atoms. The summed E-state index contributed by atoms with van der Waals surface area (Å²) in [6.07, 6.45) is 1.83. The first kappa shape index (κ1) is 21.5. The number of aromatic hydroxyl groups is 1. The van der Waals surface area contributed by atoms with Crippen LogP contribution in [0.5, 0.6) is 5.75 Å². The fourth-order valence-corrected chi connectivity index (χ4v) is 4.42. The number of nitrogens with zero attached hydrogens (tertiary/aromatic N) is 5. The van der Waals surface area contributed by atoms with Gasteiger partial charge < -0.3 is 15.5 Å². The number of nitriles is 1. The molecule has 4 aromatic rings. The lowest BCUT2D eigenvalue weighted by atomic mass is 10.0. The Morgan fingerprint density at radius 2 is 2.12 bits per heavy atom. The first-order valence-corrected chi connectivity index (χ1v) is 11.4. The van der Waals surface area contributed by atoms with Crippen LogP contribution in [0.3, 0.4) is 0 Å². The third-order valence-corrected chi connectivity index (χ3v) is 6.12. The number of aromatic nitrogens is 2. The molecular formula is C21H16N6O3S2. The van der Waals surface area contributed by atoms with Crippen molar-refractivity contribution in [3.05, 3.63) is 41.5 Å². The molecule has 0 unspecified atom stereocenters. The minimum absolute atomic E-state index is 0.271. The number of hydrogen-bond acceptors (Lipinski definition) is 10. The Morgan fingerprint density at radius 3 is 2.81 bits per heavy atom. The predicted molar refractivity (Wildman–Crippen MR) is 125 cm³/mol. The Hall–Kier alpha value is -3.75. The Kier molecular flexibility index (Phi) is 5.89. The van der Waals surface area contributed by atoms with Gasteiger partial charge in [0.15, 0.2) is 10.6 Å². The van der Waals surface area contributed by atoms with Gasteiger partial charge in [-0.25, -0.2) is 9.78 Å². The molecule has 4 rings (SSSR count). The van der Waals surface area contributed by atoms with E-state index in [2.05, 4.69) is 31.0 Å². The van der Waals surface area contributed by atoms with Crippen LogP contribution in [0.25, 0.3) is 21.8 Å². The zero-order valence-electron chi connectivity index (χ0n) is 16.9. The van der Waals surface area contributed by atoms with Crippen molar-refractivity contribution < 1.29 is 15.0 Å². The molecule has 2 aromatic heterocycles. The average molecular weight is 465 g/mol. The SMILES string of the molecule is CCNc1cccc2c(O)c(C(=O)O)cc(N=Nc3snc4nc(SC)c(C#N)cc34)c12. The number of azo groups is 1. The fourth-order valence-electron chi connectivity index (χ4n) is 3.28. The summed E-state index contributed by atoms with van der Waals surface area (Å²) in [6.45, 7) is 2.55. The normalized spacial score (nSPS) is 11.3. The third-order valence-electron chi connectivity index (χ3n) is 4.69. The second kappa shape index (κ2) is 8.78. The van der Waals surface area contributed by atoms with E-state index in [0.717, 1.165) is 11.5 Å². The zero-order valence-corrected chi connectivity index (χ0v) is 18.6. The molecule has 160 valence electrons. The number of aromatic carboxylic acids is 1. The maximum absolute atomic E-state index is 11.7. The van der Waals surface area contributed by atoms with Crippen LogP contribution in [-0.4, -0.2) is 38.3 Å². The van der Waals surface area contributed by atoms with Gasteiger partial charge in [-0.15, -0.1) is 22.0 Å². The highest BCUT2D eigenvalue weighted by Gasteiger charge is 2.19. The maximum Gasteiger partial charge on any atom is 0.339 e. The summed E-state index contributed by atoms with van der Waals surface area (Å²) in [5, 5.41) is 43.8. The monoisotopic (exact) mass is 464 g/mol. The summed E-state index contributed by atoms with van der Waals surface area (Å²) < 4.78 is 4.29. The Morgan fingerprint density at radius 1 is 1.31 bits per heavy atom. The van der Waals surface area contributed by atoms with Crippen molar-refractivity contribution >= 4 is 67.4 Å². The topological polar surface area (TPSA) is 144 Å². The van der Waals surface area contributed by atoms with Gasteiger partial charge in [-0.1, -0.05) is 12.1 Å². The van der Waals surface area contributed by atoms with Gasteiger partial charge in [0.05, 0.1) is 16.6 Å². The number of rotatable bonds is 6. The van der Waals surface area contributed by atoms with Crippen LogP contribution in [0.1, 0.15) is 22.8 Å². The Labute approximate surface area is 190 Å². The molecule has 11 heteroatoms. The smallest absolute Gasteiger partial charge is 0.339 e. The summed E-state index contributed by atoms with van der Waals surface area (Å²) in [5.74, 6) is -1.60. The van der Waals surface area contributed by atoms with Gasteiger partial charge in [0.25, 0.3) is 0 Å². The highest BCUT2D eigenvalue weighted by atomic mass is 32.2. The largest absolute Gasteiger partial charge is 0.506 e. The molecule has 0 saturated heterocycles. The van der Waals surface area contributed by atoms with E-state index in [9.17, 15) is 20.3 Å². The van der Waals surface area contributed by atoms with Crippen LogP contribution in [0.15, 0.2) is 45.6 Å². The lowest BCUT2D eigenvalue weighted by Crippen LogP contribution is -2.00. The van der Waals surface area contributed by atoms with E-state index in [-0.39, 0.29) is 17.0 Å². The van der Waals surface area contributed by atoms with Crippen LogP contribution in [0, 0.1) is 11.3 Å². The van der Waals surface area contributed by atoms with Gasteiger partial charge in [-0.05, 0) is 42.9 Å². The first-order valence-electron chi connectivity index (χ1n) is 9.40. The first-order chi connectivity index (χ1) is 15.5. The van der Waals surface area contributed by atoms with Crippen molar-refractivity contribution in [3.8, 4) is 11.8 Å². The Bertz CT molecular complexity index is 1440. The molecule has 0 aliphatic rings. The standard InChI is InChI=1S/C21H16N6O3S2/c1-3-23-14-6-4-5-11-16(14)15(8-12(17(11)28)21(29)30)25-26-20-13-7-10(9-22)19(31-2)24-18(13)27-32-20/h4-8,23,28H,3H2,1-2H3,(H,29,30). The number of nitrogens with one attached hydrogen (secondary N) is 1. The molecule has 2 aromatic carbocycles. The molecule has 9 nitrogen and oxygen atoms in total. The van der Waals surface area contributed by atoms with Gasteiger partial charge in [-0.3, -0.25) is 0 Å². The van der Waals surface area contributed by atoms with Gasteiger partial charge in [-0.2, -0.15) is 9.64 Å². The van der Waals surface area contributed by atoms with Crippen molar-refractivity contribution in [1.82, 2.24) is 9.36 Å². The second-order valence-electron chi connectivity index (χ2n) is 6.57. The van der Waals surface area contributed by atoms with Crippen molar-refractivity contribution in [2.45, 2.75) is 11.9 Å². The second-order valence-corrected chi connectivity index (χ2v) is 8.12. The van der Waals surface area contributed by atoms with Crippen LogP contribution < -0.4 is 5.32 Å². The van der Waals surface area contributed by atoms with Crippen LogP contribution in [0.4, 0.5) is 16.4 Å². The summed E-state index contributed by atoms with van der Waals surface area (Å²) in [7, 11) is 0. The van der Waals surface area contributed by atoms with E-state index in [1.165, 1.54) is 17.8 Å². The van der Waals surface area contributed by atoms with Crippen molar-refractivity contribution in [1.29, 1.82) is 5.26 Å². The van der Waals surface area contributed by atoms with Gasteiger partial charge in [0.2, 0.25) is 0 Å². The molecule has 2 heterocycles. The van der Waals surface area contributed by atoms with Crippen molar-refractivity contribution in [2.75, 3.05) is 18.1 Å². The van der Waals surface area contributed by atoms with Gasteiger partial charge in [0.1, 0.15) is 22.4 Å². The summed E-state index contributed by atoms with van der Waals surface area (Å²) in [6, 6.07) is 10.3. The molecule has 0 saturated carbocycles. The number of phenols is 1. The molecule has 0 radical (unpaired) electrons. The number of hydrogen-bond donors (Lipinski definition) is 3.